The Morgan fingerprint density at radius 2 is 1.73 bits per heavy atom. The van der Waals surface area contributed by atoms with E-state index in [1.54, 1.807) is 37.4 Å². The molecule has 5 nitrogen and oxygen atoms in total. The Bertz CT molecular complexity index is 756. The molecule has 0 unspecified atom stereocenters. The summed E-state index contributed by atoms with van der Waals surface area (Å²) in [5.74, 6) is 0.926. The van der Waals surface area contributed by atoms with Gasteiger partial charge in [-0.3, -0.25) is 4.79 Å². The van der Waals surface area contributed by atoms with Gasteiger partial charge in [-0.15, -0.1) is 0 Å². The Balaban J connectivity index is 1.66. The summed E-state index contributed by atoms with van der Waals surface area (Å²) in [6, 6.07) is 11.7. The molecular formula is C20H23FN2O3. The fourth-order valence-electron chi connectivity index (χ4n) is 3.08. The highest BCUT2D eigenvalue weighted by atomic mass is 19.1. The maximum Gasteiger partial charge on any atom is 0.254 e. The molecule has 1 fully saturated rings. The molecule has 3 rings (SSSR count). The van der Waals surface area contributed by atoms with Crippen molar-refractivity contribution < 1.29 is 18.7 Å². The van der Waals surface area contributed by atoms with Gasteiger partial charge in [0, 0.05) is 37.4 Å². The molecule has 0 radical (unpaired) electrons. The molecule has 26 heavy (non-hydrogen) atoms. The van der Waals surface area contributed by atoms with Gasteiger partial charge >= 0.3 is 0 Å². The third kappa shape index (κ3) is 3.90. The lowest BCUT2D eigenvalue weighted by atomic mass is 10.1. The van der Waals surface area contributed by atoms with Crippen molar-refractivity contribution in [3.63, 3.8) is 0 Å². The zero-order valence-electron chi connectivity index (χ0n) is 15.1. The smallest absolute Gasteiger partial charge is 0.254 e. The fraction of sp³-hybridized carbons (Fsp3) is 0.350. The van der Waals surface area contributed by atoms with Crippen molar-refractivity contribution in [1.82, 2.24) is 4.90 Å². The lowest BCUT2D eigenvalue weighted by Gasteiger charge is -2.36. The summed E-state index contributed by atoms with van der Waals surface area (Å²) in [7, 11) is 1.58. The van der Waals surface area contributed by atoms with Gasteiger partial charge in [0.2, 0.25) is 0 Å². The number of benzene rings is 2. The number of halogens is 1. The number of hydrogen-bond acceptors (Lipinski definition) is 4. The van der Waals surface area contributed by atoms with Crippen LogP contribution in [0.25, 0.3) is 0 Å². The summed E-state index contributed by atoms with van der Waals surface area (Å²) in [6.07, 6.45) is 0. The van der Waals surface area contributed by atoms with E-state index in [1.807, 2.05) is 11.8 Å². The number of rotatable bonds is 5. The summed E-state index contributed by atoms with van der Waals surface area (Å²) in [5.41, 5.74) is 1.56. The first kappa shape index (κ1) is 18.0. The first-order valence-corrected chi connectivity index (χ1v) is 8.73. The molecule has 2 aromatic rings. The van der Waals surface area contributed by atoms with E-state index in [0.29, 0.717) is 49.8 Å². The van der Waals surface area contributed by atoms with Crippen LogP contribution >= 0.6 is 0 Å². The Morgan fingerprint density at radius 3 is 2.35 bits per heavy atom. The molecule has 0 spiro atoms. The topological polar surface area (TPSA) is 42.0 Å². The van der Waals surface area contributed by atoms with Gasteiger partial charge in [-0.25, -0.2) is 4.39 Å². The Kier molecular flexibility index (Phi) is 5.61. The molecule has 0 aliphatic carbocycles. The summed E-state index contributed by atoms with van der Waals surface area (Å²) in [4.78, 5) is 16.8. The predicted octanol–water partition coefficient (Wildman–Crippen LogP) is 3.20. The molecule has 0 N–H and O–H groups in total. The molecule has 0 aromatic heterocycles. The van der Waals surface area contributed by atoms with E-state index in [1.165, 1.54) is 12.1 Å². The van der Waals surface area contributed by atoms with Crippen molar-refractivity contribution in [2.75, 3.05) is 44.8 Å². The minimum absolute atomic E-state index is 0.0210. The molecule has 138 valence electrons. The van der Waals surface area contributed by atoms with Gasteiger partial charge in [0.05, 0.1) is 13.7 Å². The molecule has 0 bridgehead atoms. The minimum Gasteiger partial charge on any atom is -0.493 e. The average Bonchev–Trinajstić information content (AvgIpc) is 2.68. The Labute approximate surface area is 152 Å². The van der Waals surface area contributed by atoms with Crippen LogP contribution in [0.3, 0.4) is 0 Å². The normalized spacial score (nSPS) is 14.3. The van der Waals surface area contributed by atoms with Gasteiger partial charge in [0.25, 0.3) is 5.91 Å². The van der Waals surface area contributed by atoms with Gasteiger partial charge in [-0.05, 0) is 49.4 Å². The first-order valence-electron chi connectivity index (χ1n) is 8.73. The average molecular weight is 358 g/mol. The largest absolute Gasteiger partial charge is 0.493 e. The van der Waals surface area contributed by atoms with Crippen molar-refractivity contribution in [3.8, 4) is 11.5 Å². The van der Waals surface area contributed by atoms with Crippen LogP contribution in [0, 0.1) is 5.82 Å². The van der Waals surface area contributed by atoms with Crippen LogP contribution in [0.15, 0.2) is 42.5 Å². The quantitative estimate of drug-likeness (QED) is 0.823. The highest BCUT2D eigenvalue weighted by molar-refractivity contribution is 5.95. The van der Waals surface area contributed by atoms with Crippen LogP contribution in [-0.2, 0) is 0 Å². The molecule has 1 amide bonds. The number of nitrogens with zero attached hydrogens (tertiary/aromatic N) is 2. The number of amides is 1. The zero-order valence-corrected chi connectivity index (χ0v) is 15.1. The summed E-state index contributed by atoms with van der Waals surface area (Å²) in [6.45, 7) is 5.06. The second-order valence-electron chi connectivity index (χ2n) is 6.05. The van der Waals surface area contributed by atoms with Crippen molar-refractivity contribution in [3.05, 3.63) is 53.8 Å². The van der Waals surface area contributed by atoms with E-state index in [9.17, 15) is 9.18 Å². The van der Waals surface area contributed by atoms with Crippen molar-refractivity contribution >= 4 is 11.6 Å². The van der Waals surface area contributed by atoms with E-state index >= 15 is 0 Å². The number of carbonyl (C=O) groups is 1. The molecule has 0 atom stereocenters. The second-order valence-corrected chi connectivity index (χ2v) is 6.05. The van der Waals surface area contributed by atoms with Crippen LogP contribution in [0.2, 0.25) is 0 Å². The van der Waals surface area contributed by atoms with E-state index in [4.69, 9.17) is 9.47 Å². The van der Waals surface area contributed by atoms with Crippen LogP contribution < -0.4 is 14.4 Å². The van der Waals surface area contributed by atoms with Crippen LogP contribution in [0.4, 0.5) is 10.1 Å². The van der Waals surface area contributed by atoms with Gasteiger partial charge in [-0.1, -0.05) is 0 Å². The van der Waals surface area contributed by atoms with Gasteiger partial charge in [0.1, 0.15) is 5.82 Å². The molecular weight excluding hydrogens is 335 g/mol. The Hall–Kier alpha value is -2.76. The van der Waals surface area contributed by atoms with Gasteiger partial charge in [0.15, 0.2) is 11.5 Å². The molecule has 1 heterocycles. The SMILES string of the molecule is CCOc1cc(C(=O)N2CCN(c3ccc(F)cc3)CC2)ccc1OC. The number of anilines is 1. The molecule has 1 saturated heterocycles. The lowest BCUT2D eigenvalue weighted by molar-refractivity contribution is 0.0746. The zero-order chi connectivity index (χ0) is 18.5. The number of hydrogen-bond donors (Lipinski definition) is 0. The first-order chi connectivity index (χ1) is 12.6. The minimum atomic E-state index is -0.243. The van der Waals surface area contributed by atoms with Gasteiger partial charge in [-0.2, -0.15) is 0 Å². The van der Waals surface area contributed by atoms with E-state index in [0.717, 1.165) is 5.69 Å². The molecule has 6 heteroatoms. The third-order valence-electron chi connectivity index (χ3n) is 4.47. The van der Waals surface area contributed by atoms with Crippen molar-refractivity contribution in [2.24, 2.45) is 0 Å². The molecule has 0 saturated carbocycles. The molecule has 2 aromatic carbocycles. The summed E-state index contributed by atoms with van der Waals surface area (Å²) >= 11 is 0. The van der Waals surface area contributed by atoms with Crippen LogP contribution in [-0.4, -0.2) is 50.7 Å². The molecule has 1 aliphatic rings. The predicted molar refractivity (Wildman–Crippen MR) is 98.7 cm³/mol. The van der Waals surface area contributed by atoms with E-state index in [-0.39, 0.29) is 11.7 Å². The molecule has 1 aliphatic heterocycles. The third-order valence-corrected chi connectivity index (χ3v) is 4.47. The monoisotopic (exact) mass is 358 g/mol. The number of ether oxygens (including phenoxy) is 2. The standard InChI is InChI=1S/C20H23FN2O3/c1-3-26-19-14-15(4-9-18(19)25-2)20(24)23-12-10-22(11-13-23)17-7-5-16(21)6-8-17/h4-9,14H,3,10-13H2,1-2H3. The maximum atomic E-state index is 13.1. The highest BCUT2D eigenvalue weighted by Crippen LogP contribution is 2.29. The number of methoxy groups -OCH3 is 1. The highest BCUT2D eigenvalue weighted by Gasteiger charge is 2.23. The Morgan fingerprint density at radius 1 is 1.04 bits per heavy atom. The summed E-state index contributed by atoms with van der Waals surface area (Å²) < 4.78 is 23.9. The van der Waals surface area contributed by atoms with Gasteiger partial charge < -0.3 is 19.3 Å². The number of carbonyl (C=O) groups excluding carboxylic acids is 1. The van der Waals surface area contributed by atoms with E-state index in [2.05, 4.69) is 4.90 Å². The van der Waals surface area contributed by atoms with Crippen molar-refractivity contribution in [2.45, 2.75) is 6.92 Å². The maximum absolute atomic E-state index is 13.1. The number of piperazine rings is 1. The second kappa shape index (κ2) is 8.08. The fourth-order valence-corrected chi connectivity index (χ4v) is 3.08. The van der Waals surface area contributed by atoms with Crippen LogP contribution in [0.1, 0.15) is 17.3 Å². The lowest BCUT2D eigenvalue weighted by Crippen LogP contribution is -2.48. The van der Waals surface area contributed by atoms with E-state index < -0.39 is 0 Å². The van der Waals surface area contributed by atoms with Crippen LogP contribution in [0.5, 0.6) is 11.5 Å². The van der Waals surface area contributed by atoms with Crippen molar-refractivity contribution in [1.29, 1.82) is 0 Å². The summed E-state index contributed by atoms with van der Waals surface area (Å²) in [5, 5.41) is 0.